The molecule has 0 aromatic rings. The van der Waals surface area contributed by atoms with E-state index in [-0.39, 0.29) is 17.6 Å². The van der Waals surface area contributed by atoms with Crippen molar-refractivity contribution in [3.63, 3.8) is 0 Å². The molecule has 116 valence electrons. The van der Waals surface area contributed by atoms with Gasteiger partial charge in [0.05, 0.1) is 19.1 Å². The first-order valence-corrected chi connectivity index (χ1v) is 6.69. The second kappa shape index (κ2) is 7.06. The van der Waals surface area contributed by atoms with Crippen molar-refractivity contribution in [3.8, 4) is 0 Å². The van der Waals surface area contributed by atoms with Gasteiger partial charge in [0.25, 0.3) is 6.47 Å². The van der Waals surface area contributed by atoms with Gasteiger partial charge in [-0.2, -0.15) is 0 Å². The van der Waals surface area contributed by atoms with Crippen LogP contribution in [0.15, 0.2) is 23.9 Å². The number of allylic oxidation sites excluding steroid dienone is 1. The van der Waals surface area contributed by atoms with E-state index in [4.69, 9.17) is 9.47 Å². The fraction of sp³-hybridized carbons (Fsp3) is 0.533. The fourth-order valence-electron chi connectivity index (χ4n) is 2.59. The average Bonchev–Trinajstić information content (AvgIpc) is 2.43. The van der Waals surface area contributed by atoms with Gasteiger partial charge in [0.15, 0.2) is 0 Å². The molecule has 0 spiro atoms. The minimum atomic E-state index is -0.556. The van der Waals surface area contributed by atoms with Gasteiger partial charge in [-0.3, -0.25) is 9.59 Å². The van der Waals surface area contributed by atoms with Crippen LogP contribution in [0.1, 0.15) is 27.2 Å². The average molecular weight is 295 g/mol. The topological polar surface area (TPSA) is 72.9 Å². The third kappa shape index (κ3) is 3.15. The van der Waals surface area contributed by atoms with E-state index in [9.17, 15) is 14.4 Å². The van der Waals surface area contributed by atoms with Crippen molar-refractivity contribution in [2.75, 3.05) is 7.11 Å². The predicted molar refractivity (Wildman–Crippen MR) is 75.9 cm³/mol. The zero-order valence-corrected chi connectivity index (χ0v) is 12.8. The molecule has 0 N–H and O–H groups in total. The molecule has 1 saturated heterocycles. The molecule has 0 bridgehead atoms. The summed E-state index contributed by atoms with van der Waals surface area (Å²) in [7, 11) is 1.27. The number of amides is 1. The van der Waals surface area contributed by atoms with Crippen LogP contribution < -0.4 is 0 Å². The molecule has 0 aliphatic carbocycles. The van der Waals surface area contributed by atoms with Crippen LogP contribution in [0.5, 0.6) is 0 Å². The summed E-state index contributed by atoms with van der Waals surface area (Å²) in [6.45, 7) is 9.13. The molecule has 0 unspecified atom stereocenters. The SMILES string of the molecule is C=CC[C@@H]1[C@@H]([C@@H](C)OC=O)C(=O)N1C(C(=O)OC)=C(C)C. The number of hydrogen-bond donors (Lipinski definition) is 0. The summed E-state index contributed by atoms with van der Waals surface area (Å²) < 4.78 is 9.62. The highest BCUT2D eigenvalue weighted by Crippen LogP contribution is 2.37. The monoisotopic (exact) mass is 295 g/mol. The lowest BCUT2D eigenvalue weighted by molar-refractivity contribution is -0.168. The molecule has 1 heterocycles. The van der Waals surface area contributed by atoms with Gasteiger partial charge >= 0.3 is 5.97 Å². The van der Waals surface area contributed by atoms with E-state index in [1.54, 1.807) is 26.8 Å². The Hall–Kier alpha value is -2.11. The molecular formula is C15H21NO5. The largest absolute Gasteiger partial charge is 0.464 e. The zero-order valence-electron chi connectivity index (χ0n) is 12.8. The smallest absolute Gasteiger partial charge is 0.354 e. The number of carbonyl (C=O) groups is 3. The van der Waals surface area contributed by atoms with Gasteiger partial charge in [0.1, 0.15) is 11.8 Å². The van der Waals surface area contributed by atoms with Crippen molar-refractivity contribution in [2.24, 2.45) is 5.92 Å². The summed E-state index contributed by atoms with van der Waals surface area (Å²) in [6, 6.07) is -0.269. The number of esters is 1. The van der Waals surface area contributed by atoms with Crippen molar-refractivity contribution in [1.29, 1.82) is 0 Å². The van der Waals surface area contributed by atoms with Crippen molar-refractivity contribution in [3.05, 3.63) is 23.9 Å². The number of ether oxygens (including phenoxy) is 2. The highest BCUT2D eigenvalue weighted by atomic mass is 16.5. The molecule has 0 radical (unpaired) electrons. The van der Waals surface area contributed by atoms with Gasteiger partial charge < -0.3 is 14.4 Å². The van der Waals surface area contributed by atoms with Gasteiger partial charge in [-0.15, -0.1) is 6.58 Å². The molecule has 1 aliphatic rings. The Labute approximate surface area is 124 Å². The van der Waals surface area contributed by atoms with Crippen molar-refractivity contribution >= 4 is 18.3 Å². The van der Waals surface area contributed by atoms with Gasteiger partial charge in [-0.05, 0) is 32.8 Å². The first-order valence-electron chi connectivity index (χ1n) is 6.69. The minimum absolute atomic E-state index is 0.240. The molecule has 6 heteroatoms. The summed E-state index contributed by atoms with van der Waals surface area (Å²) in [4.78, 5) is 36.2. The Kier molecular flexibility index (Phi) is 5.69. The number of hydrogen-bond acceptors (Lipinski definition) is 5. The molecule has 1 fully saturated rings. The van der Waals surface area contributed by atoms with E-state index in [0.29, 0.717) is 18.5 Å². The maximum atomic E-state index is 12.4. The summed E-state index contributed by atoms with van der Waals surface area (Å²) in [5.74, 6) is -1.29. The molecule has 1 aliphatic heterocycles. The second-order valence-corrected chi connectivity index (χ2v) is 5.10. The van der Waals surface area contributed by atoms with Crippen molar-refractivity contribution in [2.45, 2.75) is 39.3 Å². The molecule has 1 rings (SSSR count). The van der Waals surface area contributed by atoms with Crippen molar-refractivity contribution < 1.29 is 23.9 Å². The molecule has 6 nitrogen and oxygen atoms in total. The number of β-lactam (4-membered cyclic amide) rings is 1. The third-order valence-corrected chi connectivity index (χ3v) is 3.55. The van der Waals surface area contributed by atoms with Gasteiger partial charge in [-0.1, -0.05) is 6.08 Å². The molecule has 0 aromatic heterocycles. The third-order valence-electron chi connectivity index (χ3n) is 3.55. The normalized spacial score (nSPS) is 21.9. The Balaban J connectivity index is 3.10. The van der Waals surface area contributed by atoms with Gasteiger partial charge in [0.2, 0.25) is 5.91 Å². The lowest BCUT2D eigenvalue weighted by Crippen LogP contribution is -2.64. The minimum Gasteiger partial charge on any atom is -0.464 e. The van der Waals surface area contributed by atoms with Gasteiger partial charge in [-0.25, -0.2) is 4.79 Å². The summed E-state index contributed by atoms with van der Waals surface area (Å²) in [6.07, 6.45) is 1.62. The number of nitrogens with zero attached hydrogens (tertiary/aromatic N) is 1. The zero-order chi connectivity index (χ0) is 16.2. The first-order chi connectivity index (χ1) is 9.90. The lowest BCUT2D eigenvalue weighted by Gasteiger charge is -2.49. The summed E-state index contributed by atoms with van der Waals surface area (Å²) in [5, 5.41) is 0. The molecule has 1 amide bonds. The maximum absolute atomic E-state index is 12.4. The highest BCUT2D eigenvalue weighted by Gasteiger charge is 2.53. The first kappa shape index (κ1) is 16.9. The Morgan fingerprint density at radius 3 is 2.52 bits per heavy atom. The molecular weight excluding hydrogens is 274 g/mol. The van der Waals surface area contributed by atoms with E-state index in [1.807, 2.05) is 0 Å². The lowest BCUT2D eigenvalue weighted by atomic mass is 9.80. The quantitative estimate of drug-likeness (QED) is 0.233. The van der Waals surface area contributed by atoms with Crippen molar-refractivity contribution in [1.82, 2.24) is 4.90 Å². The van der Waals surface area contributed by atoms with E-state index in [2.05, 4.69) is 6.58 Å². The predicted octanol–water partition coefficient (Wildman–Crippen LogP) is 1.42. The Bertz CT molecular complexity index is 478. The van der Waals surface area contributed by atoms with Crippen LogP contribution in [0.25, 0.3) is 0 Å². The standard InChI is InChI=1S/C15H21NO5/c1-6-7-11-12(10(4)21-8-17)14(18)16(11)13(9(2)3)15(19)20-5/h6,8,10-12H,1,7H2,2-5H3/t10-,11-,12-/m1/s1. The van der Waals surface area contributed by atoms with E-state index < -0.39 is 18.0 Å². The molecule has 3 atom stereocenters. The number of carbonyl (C=O) groups excluding carboxylic acids is 3. The van der Waals surface area contributed by atoms with E-state index in [1.165, 1.54) is 12.0 Å². The molecule has 21 heavy (non-hydrogen) atoms. The summed E-state index contributed by atoms with van der Waals surface area (Å²) >= 11 is 0. The van der Waals surface area contributed by atoms with Crippen LogP contribution in [-0.2, 0) is 23.9 Å². The van der Waals surface area contributed by atoms with Gasteiger partial charge in [0, 0.05) is 0 Å². The Morgan fingerprint density at radius 1 is 1.48 bits per heavy atom. The fourth-order valence-corrected chi connectivity index (χ4v) is 2.59. The number of likely N-dealkylation sites (tertiary alicyclic amines) is 1. The molecule has 0 aromatic carbocycles. The number of methoxy groups -OCH3 is 1. The Morgan fingerprint density at radius 2 is 2.10 bits per heavy atom. The van der Waals surface area contributed by atoms with Crippen LogP contribution in [0.2, 0.25) is 0 Å². The second-order valence-electron chi connectivity index (χ2n) is 5.10. The molecule has 0 saturated carbocycles. The summed E-state index contributed by atoms with van der Waals surface area (Å²) in [5.41, 5.74) is 0.926. The maximum Gasteiger partial charge on any atom is 0.354 e. The number of rotatable bonds is 7. The van der Waals surface area contributed by atoms with Crippen LogP contribution in [0, 0.1) is 5.92 Å². The van der Waals surface area contributed by atoms with E-state index in [0.717, 1.165) is 0 Å². The van der Waals surface area contributed by atoms with Crippen LogP contribution in [0.4, 0.5) is 0 Å². The highest BCUT2D eigenvalue weighted by molar-refractivity contribution is 5.98. The van der Waals surface area contributed by atoms with Crippen LogP contribution >= 0.6 is 0 Å². The van der Waals surface area contributed by atoms with E-state index >= 15 is 0 Å². The van der Waals surface area contributed by atoms with Crippen LogP contribution in [-0.4, -0.2) is 42.5 Å². The van der Waals surface area contributed by atoms with Crippen LogP contribution in [0.3, 0.4) is 0 Å².